The Morgan fingerprint density at radius 1 is 0.449 bits per heavy atom. The first-order valence-electron chi connectivity index (χ1n) is 16.4. The largest absolute Gasteiger partial charge is 0.456 e. The third-order valence-electron chi connectivity index (χ3n) is 9.80. The number of hydrogen-bond donors (Lipinski definition) is 0. The maximum atomic E-state index is 6.42. The van der Waals surface area contributed by atoms with Crippen LogP contribution in [0.15, 0.2) is 160 Å². The summed E-state index contributed by atoms with van der Waals surface area (Å²) in [5, 5.41) is 7.98. The van der Waals surface area contributed by atoms with Gasteiger partial charge in [0.25, 0.3) is 0 Å². The number of rotatable bonds is 3. The zero-order chi connectivity index (χ0) is 32.1. The standard InChI is InChI=1S/C44H25N3O2/c1-2-10-27(11-3-1)44-45-40(43-41(46-44)33-14-6-9-17-38(33)49-43)26-18-21-29(22-19-26)47-36-15-7-4-12-30(36)32-23-20-28-24-39-35(25-34(28)42(32)47)31-13-5-8-16-37(31)48-39/h1-25H. The molecule has 0 aliphatic heterocycles. The Hall–Kier alpha value is -6.72. The molecule has 0 aliphatic rings. The molecule has 0 saturated carbocycles. The zero-order valence-corrected chi connectivity index (χ0v) is 26.1. The van der Waals surface area contributed by atoms with Crippen molar-refractivity contribution in [3.63, 3.8) is 0 Å². The maximum Gasteiger partial charge on any atom is 0.180 e. The number of fused-ring (bicyclic) bond motifs is 11. The second-order valence-corrected chi connectivity index (χ2v) is 12.6. The molecule has 0 spiro atoms. The highest BCUT2D eigenvalue weighted by Crippen LogP contribution is 2.41. The summed E-state index contributed by atoms with van der Waals surface area (Å²) in [4.78, 5) is 10.1. The predicted octanol–water partition coefficient (Wildman–Crippen LogP) is 11.9. The van der Waals surface area contributed by atoms with E-state index in [2.05, 4.69) is 95.6 Å². The average Bonchev–Trinajstić information content (AvgIpc) is 3.83. The first-order valence-corrected chi connectivity index (χ1v) is 16.4. The molecule has 0 N–H and O–H groups in total. The second-order valence-electron chi connectivity index (χ2n) is 12.6. The third kappa shape index (κ3) is 3.81. The van der Waals surface area contributed by atoms with E-state index >= 15 is 0 Å². The van der Waals surface area contributed by atoms with Crippen molar-refractivity contribution >= 4 is 76.6 Å². The molecule has 4 heterocycles. The SMILES string of the molecule is c1ccc(-c2nc(-c3ccc(-n4c5ccccc5c5ccc6cc7oc8ccccc8c7cc6c54)cc3)c3oc4ccccc4c3n2)cc1. The Bertz CT molecular complexity index is 3090. The first-order chi connectivity index (χ1) is 24.3. The van der Waals surface area contributed by atoms with Gasteiger partial charge in [0.1, 0.15) is 28.0 Å². The van der Waals surface area contributed by atoms with Gasteiger partial charge in [-0.05, 0) is 53.9 Å². The van der Waals surface area contributed by atoms with E-state index in [4.69, 9.17) is 18.8 Å². The number of aromatic nitrogens is 3. The lowest BCUT2D eigenvalue weighted by atomic mass is 10.0. The van der Waals surface area contributed by atoms with Crippen LogP contribution in [0.3, 0.4) is 0 Å². The molecule has 0 radical (unpaired) electrons. The van der Waals surface area contributed by atoms with Gasteiger partial charge in [-0.2, -0.15) is 0 Å². The summed E-state index contributed by atoms with van der Waals surface area (Å²) in [6.45, 7) is 0. The summed E-state index contributed by atoms with van der Waals surface area (Å²) in [6.07, 6.45) is 0. The Labute approximate surface area is 279 Å². The molecule has 0 amide bonds. The van der Waals surface area contributed by atoms with Crippen LogP contribution in [0.1, 0.15) is 0 Å². The fraction of sp³-hybridized carbons (Fsp3) is 0. The molecule has 0 atom stereocenters. The van der Waals surface area contributed by atoms with Gasteiger partial charge < -0.3 is 13.4 Å². The number of hydrogen-bond acceptors (Lipinski definition) is 4. The Morgan fingerprint density at radius 2 is 1.16 bits per heavy atom. The molecule has 5 heteroatoms. The van der Waals surface area contributed by atoms with Crippen LogP contribution in [0.4, 0.5) is 0 Å². The molecule has 0 saturated heterocycles. The molecule has 11 aromatic rings. The molecular formula is C44H25N3O2. The topological polar surface area (TPSA) is 57.0 Å². The number of benzene rings is 7. The van der Waals surface area contributed by atoms with Gasteiger partial charge in [0.2, 0.25) is 0 Å². The summed E-state index contributed by atoms with van der Waals surface area (Å²) in [6, 6.07) is 52.7. The minimum Gasteiger partial charge on any atom is -0.456 e. The van der Waals surface area contributed by atoms with Crippen LogP contribution in [0.5, 0.6) is 0 Å². The summed E-state index contributed by atoms with van der Waals surface area (Å²) in [5.74, 6) is 0.672. The molecule has 0 bridgehead atoms. The lowest BCUT2D eigenvalue weighted by Crippen LogP contribution is -1.96. The minimum atomic E-state index is 0.672. The van der Waals surface area contributed by atoms with Crippen LogP contribution >= 0.6 is 0 Å². The number of nitrogens with zero attached hydrogens (tertiary/aromatic N) is 3. The van der Waals surface area contributed by atoms with E-state index in [1.807, 2.05) is 60.7 Å². The van der Waals surface area contributed by atoms with Crippen molar-refractivity contribution in [2.45, 2.75) is 0 Å². The van der Waals surface area contributed by atoms with Crippen LogP contribution in [-0.4, -0.2) is 14.5 Å². The highest BCUT2D eigenvalue weighted by molar-refractivity contribution is 6.22. The monoisotopic (exact) mass is 627 g/mol. The van der Waals surface area contributed by atoms with Gasteiger partial charge in [-0.25, -0.2) is 9.97 Å². The van der Waals surface area contributed by atoms with Crippen LogP contribution in [-0.2, 0) is 0 Å². The summed E-state index contributed by atoms with van der Waals surface area (Å²) in [7, 11) is 0. The molecule has 7 aromatic carbocycles. The van der Waals surface area contributed by atoms with E-state index in [0.29, 0.717) is 11.4 Å². The first kappa shape index (κ1) is 26.4. The Balaban J connectivity index is 1.15. The fourth-order valence-electron chi connectivity index (χ4n) is 7.54. The van der Waals surface area contributed by atoms with Crippen LogP contribution in [0.2, 0.25) is 0 Å². The van der Waals surface area contributed by atoms with Crippen molar-refractivity contribution in [3.05, 3.63) is 152 Å². The summed E-state index contributed by atoms with van der Waals surface area (Å²) >= 11 is 0. The normalized spacial score (nSPS) is 12.1. The Morgan fingerprint density at radius 3 is 2.00 bits per heavy atom. The fourth-order valence-corrected chi connectivity index (χ4v) is 7.54. The van der Waals surface area contributed by atoms with Crippen molar-refractivity contribution in [2.75, 3.05) is 0 Å². The highest BCUT2D eigenvalue weighted by atomic mass is 16.3. The van der Waals surface area contributed by atoms with Gasteiger partial charge in [-0.1, -0.05) is 103 Å². The van der Waals surface area contributed by atoms with Crippen molar-refractivity contribution in [1.82, 2.24) is 14.5 Å². The second kappa shape index (κ2) is 9.89. The zero-order valence-electron chi connectivity index (χ0n) is 26.1. The molecular weight excluding hydrogens is 603 g/mol. The average molecular weight is 628 g/mol. The molecule has 0 fully saturated rings. The molecule has 11 rings (SSSR count). The minimum absolute atomic E-state index is 0.672. The molecule has 49 heavy (non-hydrogen) atoms. The van der Waals surface area contributed by atoms with Gasteiger partial charge >= 0.3 is 0 Å². The van der Waals surface area contributed by atoms with Crippen molar-refractivity contribution in [1.29, 1.82) is 0 Å². The van der Waals surface area contributed by atoms with Crippen molar-refractivity contribution in [2.24, 2.45) is 0 Å². The van der Waals surface area contributed by atoms with Gasteiger partial charge in [0.15, 0.2) is 11.4 Å². The van der Waals surface area contributed by atoms with Gasteiger partial charge in [-0.3, -0.25) is 0 Å². The van der Waals surface area contributed by atoms with E-state index in [-0.39, 0.29) is 0 Å². The van der Waals surface area contributed by atoms with Crippen LogP contribution in [0.25, 0.3) is 105 Å². The Kier molecular flexibility index (Phi) is 5.32. The molecule has 228 valence electrons. The van der Waals surface area contributed by atoms with E-state index in [1.54, 1.807) is 0 Å². The van der Waals surface area contributed by atoms with Gasteiger partial charge in [0.05, 0.1) is 11.0 Å². The highest BCUT2D eigenvalue weighted by Gasteiger charge is 2.20. The summed E-state index contributed by atoms with van der Waals surface area (Å²) in [5.41, 5.74) is 10.2. The van der Waals surface area contributed by atoms with Crippen molar-refractivity contribution < 1.29 is 8.83 Å². The molecule has 5 nitrogen and oxygen atoms in total. The third-order valence-corrected chi connectivity index (χ3v) is 9.80. The van der Waals surface area contributed by atoms with Crippen molar-refractivity contribution in [3.8, 4) is 28.3 Å². The molecule has 0 aliphatic carbocycles. The lowest BCUT2D eigenvalue weighted by Gasteiger charge is -2.11. The van der Waals surface area contributed by atoms with Crippen LogP contribution < -0.4 is 0 Å². The molecule has 0 unspecified atom stereocenters. The van der Waals surface area contributed by atoms with E-state index < -0.39 is 0 Å². The maximum absolute atomic E-state index is 6.42. The van der Waals surface area contributed by atoms with E-state index in [9.17, 15) is 0 Å². The smallest absolute Gasteiger partial charge is 0.180 e. The van der Waals surface area contributed by atoms with Gasteiger partial charge in [0, 0.05) is 49.1 Å². The van der Waals surface area contributed by atoms with Crippen LogP contribution in [0, 0.1) is 0 Å². The number of furan rings is 2. The summed E-state index contributed by atoms with van der Waals surface area (Å²) < 4.78 is 15.1. The van der Waals surface area contributed by atoms with Gasteiger partial charge in [-0.15, -0.1) is 0 Å². The van der Waals surface area contributed by atoms with E-state index in [1.165, 1.54) is 21.7 Å². The molecule has 4 aromatic heterocycles. The van der Waals surface area contributed by atoms with E-state index in [0.717, 1.165) is 71.8 Å². The predicted molar refractivity (Wildman–Crippen MR) is 199 cm³/mol. The quantitative estimate of drug-likeness (QED) is 0.196. The lowest BCUT2D eigenvalue weighted by molar-refractivity contribution is 0.667. The number of para-hydroxylation sites is 3.